The number of aromatic nitrogens is 1. The van der Waals surface area contributed by atoms with E-state index in [9.17, 15) is 9.59 Å². The Balaban J connectivity index is 1.55. The van der Waals surface area contributed by atoms with Crippen molar-refractivity contribution in [2.75, 3.05) is 13.6 Å². The average Bonchev–Trinajstić information content (AvgIpc) is 2.66. The molecule has 2 N–H and O–H groups in total. The van der Waals surface area contributed by atoms with Crippen LogP contribution >= 0.6 is 0 Å². The molecule has 2 unspecified atom stereocenters. The molecule has 0 aromatic carbocycles. The van der Waals surface area contributed by atoms with E-state index in [1.54, 1.807) is 12.1 Å². The number of piperidine rings is 1. The molecule has 0 saturated carbocycles. The molecule has 2 aliphatic heterocycles. The molecule has 20 heavy (non-hydrogen) atoms. The zero-order valence-electron chi connectivity index (χ0n) is 11.8. The molecule has 1 amide bonds. The van der Waals surface area contributed by atoms with Gasteiger partial charge in [-0.3, -0.25) is 9.59 Å². The fourth-order valence-electron chi connectivity index (χ4n) is 3.60. The number of carbonyl (C=O) groups excluding carboxylic acids is 1. The van der Waals surface area contributed by atoms with Crippen LogP contribution in [0.2, 0.25) is 0 Å². The third kappa shape index (κ3) is 2.63. The Hall–Kier alpha value is -1.62. The second kappa shape index (κ2) is 5.40. The summed E-state index contributed by atoms with van der Waals surface area (Å²) >= 11 is 0. The van der Waals surface area contributed by atoms with Gasteiger partial charge in [0.15, 0.2) is 0 Å². The minimum atomic E-state index is -0.241. The van der Waals surface area contributed by atoms with Gasteiger partial charge in [-0.15, -0.1) is 0 Å². The van der Waals surface area contributed by atoms with Gasteiger partial charge in [0.05, 0.1) is 0 Å². The monoisotopic (exact) mass is 275 g/mol. The Morgan fingerprint density at radius 3 is 2.70 bits per heavy atom. The van der Waals surface area contributed by atoms with Gasteiger partial charge >= 0.3 is 0 Å². The Labute approximate surface area is 118 Å². The summed E-state index contributed by atoms with van der Waals surface area (Å²) in [5, 5.41) is 2.95. The molecular weight excluding hydrogens is 254 g/mol. The van der Waals surface area contributed by atoms with Crippen molar-refractivity contribution in [1.82, 2.24) is 15.2 Å². The smallest absolute Gasteiger partial charge is 0.267 e. The van der Waals surface area contributed by atoms with Gasteiger partial charge in [0.1, 0.15) is 5.69 Å². The van der Waals surface area contributed by atoms with Crippen molar-refractivity contribution in [2.45, 2.75) is 37.8 Å². The minimum Gasteiger partial charge on any atom is -0.350 e. The highest BCUT2D eigenvalue weighted by Gasteiger charge is 2.38. The van der Waals surface area contributed by atoms with Crippen molar-refractivity contribution < 1.29 is 4.79 Å². The molecule has 2 fully saturated rings. The number of pyridine rings is 1. The molecule has 2 aliphatic rings. The van der Waals surface area contributed by atoms with Crippen LogP contribution in [0, 0.1) is 5.92 Å². The molecule has 3 rings (SSSR count). The number of fused-ring (bicyclic) bond motifs is 2. The van der Waals surface area contributed by atoms with Crippen molar-refractivity contribution in [3.05, 3.63) is 34.2 Å². The number of hydrogen-bond acceptors (Lipinski definition) is 3. The molecule has 2 saturated heterocycles. The summed E-state index contributed by atoms with van der Waals surface area (Å²) in [4.78, 5) is 28.2. The molecule has 5 heteroatoms. The summed E-state index contributed by atoms with van der Waals surface area (Å²) in [6, 6.07) is 6.02. The summed E-state index contributed by atoms with van der Waals surface area (Å²) in [5.41, 5.74) is 0.100. The number of carbonyl (C=O) groups is 1. The number of hydrogen-bond donors (Lipinski definition) is 2. The van der Waals surface area contributed by atoms with Crippen LogP contribution in [0.15, 0.2) is 23.0 Å². The van der Waals surface area contributed by atoms with Gasteiger partial charge in [-0.05, 0) is 44.7 Å². The quantitative estimate of drug-likeness (QED) is 0.864. The Kier molecular flexibility index (Phi) is 3.61. The first-order valence-electron chi connectivity index (χ1n) is 7.33. The summed E-state index contributed by atoms with van der Waals surface area (Å²) in [6.07, 6.45) is 4.91. The summed E-state index contributed by atoms with van der Waals surface area (Å²) in [5.74, 6) is 0.372. The van der Waals surface area contributed by atoms with Crippen molar-refractivity contribution >= 4 is 5.91 Å². The summed E-state index contributed by atoms with van der Waals surface area (Å²) in [6.45, 7) is 0.705. The van der Waals surface area contributed by atoms with E-state index in [2.05, 4.69) is 22.2 Å². The van der Waals surface area contributed by atoms with E-state index in [4.69, 9.17) is 0 Å². The maximum atomic E-state index is 12.0. The zero-order valence-corrected chi connectivity index (χ0v) is 11.8. The molecular formula is C15H21N3O2. The van der Waals surface area contributed by atoms with Gasteiger partial charge in [-0.25, -0.2) is 0 Å². The van der Waals surface area contributed by atoms with Gasteiger partial charge in [-0.1, -0.05) is 6.07 Å². The predicted molar refractivity (Wildman–Crippen MR) is 76.7 cm³/mol. The molecule has 1 aromatic rings. The zero-order chi connectivity index (χ0) is 14.1. The van der Waals surface area contributed by atoms with E-state index in [-0.39, 0.29) is 11.5 Å². The van der Waals surface area contributed by atoms with Gasteiger partial charge in [-0.2, -0.15) is 0 Å². The van der Waals surface area contributed by atoms with Crippen LogP contribution in [0.25, 0.3) is 0 Å². The Morgan fingerprint density at radius 2 is 2.05 bits per heavy atom. The number of aromatic amines is 1. The van der Waals surface area contributed by atoms with Crippen LogP contribution < -0.4 is 10.9 Å². The van der Waals surface area contributed by atoms with Crippen LogP contribution in [0.4, 0.5) is 0 Å². The number of nitrogens with one attached hydrogen (secondary N) is 2. The topological polar surface area (TPSA) is 65.2 Å². The first-order valence-corrected chi connectivity index (χ1v) is 7.33. The van der Waals surface area contributed by atoms with Crippen molar-refractivity contribution in [3.63, 3.8) is 0 Å². The second-order valence-corrected chi connectivity index (χ2v) is 6.03. The lowest BCUT2D eigenvalue weighted by Gasteiger charge is -2.36. The van der Waals surface area contributed by atoms with Crippen LogP contribution in [0.3, 0.4) is 0 Å². The average molecular weight is 275 g/mol. The fourth-order valence-corrected chi connectivity index (χ4v) is 3.60. The molecule has 0 spiro atoms. The number of rotatable bonds is 3. The molecule has 2 bridgehead atoms. The van der Waals surface area contributed by atoms with Gasteiger partial charge in [0.25, 0.3) is 5.91 Å². The van der Waals surface area contributed by atoms with E-state index in [0.29, 0.717) is 30.2 Å². The predicted octanol–water partition coefficient (Wildman–Crippen LogP) is 0.977. The van der Waals surface area contributed by atoms with Crippen molar-refractivity contribution in [1.29, 1.82) is 0 Å². The lowest BCUT2D eigenvalue weighted by atomic mass is 9.91. The maximum absolute atomic E-state index is 12.0. The van der Waals surface area contributed by atoms with E-state index in [1.807, 2.05) is 0 Å². The molecule has 0 radical (unpaired) electrons. The van der Waals surface area contributed by atoms with Crippen LogP contribution in [0.5, 0.6) is 0 Å². The maximum Gasteiger partial charge on any atom is 0.267 e. The third-order valence-electron chi connectivity index (χ3n) is 4.76. The number of H-pyrrole nitrogens is 1. The normalized spacial score (nSPS) is 29.4. The van der Waals surface area contributed by atoms with Crippen molar-refractivity contribution in [2.24, 2.45) is 5.92 Å². The van der Waals surface area contributed by atoms with Gasteiger partial charge in [0, 0.05) is 24.7 Å². The van der Waals surface area contributed by atoms with Crippen LogP contribution in [-0.4, -0.2) is 41.5 Å². The Morgan fingerprint density at radius 1 is 1.35 bits per heavy atom. The molecule has 0 aliphatic carbocycles. The highest BCUT2D eigenvalue weighted by Crippen LogP contribution is 2.36. The van der Waals surface area contributed by atoms with Gasteiger partial charge < -0.3 is 15.2 Å². The molecule has 2 atom stereocenters. The fraction of sp³-hybridized carbons (Fsp3) is 0.600. The molecule has 1 aromatic heterocycles. The second-order valence-electron chi connectivity index (χ2n) is 6.03. The van der Waals surface area contributed by atoms with E-state index >= 15 is 0 Å². The summed E-state index contributed by atoms with van der Waals surface area (Å²) < 4.78 is 0. The standard InChI is InChI=1S/C15H21N3O2/c1-18-11-5-6-12(18)8-10(7-11)9-16-15(20)13-3-2-4-14(19)17-13/h2-4,10-12H,5-9H2,1H3,(H,16,20)(H,17,19). The molecule has 3 heterocycles. The van der Waals surface area contributed by atoms with Crippen LogP contribution in [0.1, 0.15) is 36.2 Å². The number of amides is 1. The largest absolute Gasteiger partial charge is 0.350 e. The highest BCUT2D eigenvalue weighted by molar-refractivity contribution is 5.92. The molecule has 5 nitrogen and oxygen atoms in total. The highest BCUT2D eigenvalue weighted by atomic mass is 16.2. The van der Waals surface area contributed by atoms with E-state index in [0.717, 1.165) is 0 Å². The number of nitrogens with zero attached hydrogens (tertiary/aromatic N) is 1. The lowest BCUT2D eigenvalue weighted by Crippen LogP contribution is -2.43. The molecule has 108 valence electrons. The van der Waals surface area contributed by atoms with E-state index in [1.165, 1.54) is 31.7 Å². The van der Waals surface area contributed by atoms with Crippen LogP contribution in [-0.2, 0) is 0 Å². The van der Waals surface area contributed by atoms with Crippen molar-refractivity contribution in [3.8, 4) is 0 Å². The Bertz CT molecular complexity index is 540. The first-order chi connectivity index (χ1) is 9.63. The van der Waals surface area contributed by atoms with E-state index < -0.39 is 0 Å². The summed E-state index contributed by atoms with van der Waals surface area (Å²) in [7, 11) is 2.21. The van der Waals surface area contributed by atoms with Gasteiger partial charge in [0.2, 0.25) is 5.56 Å². The third-order valence-corrected chi connectivity index (χ3v) is 4.76. The minimum absolute atomic E-state index is 0.186. The SMILES string of the molecule is CN1C2CCC1CC(CNC(=O)c1cccc(=O)[nH]1)C2. The first kappa shape index (κ1) is 13.4. The lowest BCUT2D eigenvalue weighted by molar-refractivity contribution is 0.0912.